The van der Waals surface area contributed by atoms with E-state index in [-0.39, 0.29) is 11.4 Å². The molecule has 3 N–H and O–H groups in total. The smallest absolute Gasteiger partial charge is 0.274 e. The van der Waals surface area contributed by atoms with Gasteiger partial charge in [-0.2, -0.15) is 0 Å². The molecule has 1 aliphatic heterocycles. The van der Waals surface area contributed by atoms with Gasteiger partial charge in [0, 0.05) is 11.1 Å². The zero-order valence-electron chi connectivity index (χ0n) is 10.3. The fourth-order valence-electron chi connectivity index (χ4n) is 2.03. The summed E-state index contributed by atoms with van der Waals surface area (Å²) in [5.74, 6) is -0.423. The molecule has 2 aromatic carbocycles. The maximum atomic E-state index is 12.9. The molecule has 2 aromatic rings. The fourth-order valence-corrected chi connectivity index (χ4v) is 2.03. The lowest BCUT2D eigenvalue weighted by molar-refractivity contribution is 0.0706. The van der Waals surface area contributed by atoms with Crippen LogP contribution in [-0.4, -0.2) is 11.1 Å². The van der Waals surface area contributed by atoms with Gasteiger partial charge in [0.1, 0.15) is 11.6 Å². The van der Waals surface area contributed by atoms with Crippen LogP contribution >= 0.6 is 0 Å². The Morgan fingerprint density at radius 3 is 2.70 bits per heavy atom. The molecule has 1 unspecified atom stereocenters. The van der Waals surface area contributed by atoms with Crippen molar-refractivity contribution in [3.63, 3.8) is 0 Å². The van der Waals surface area contributed by atoms with E-state index in [9.17, 15) is 9.18 Å². The highest BCUT2D eigenvalue weighted by Crippen LogP contribution is 2.38. The summed E-state index contributed by atoms with van der Waals surface area (Å²) in [5, 5.41) is 11.7. The summed E-state index contributed by atoms with van der Waals surface area (Å²) in [4.78, 5) is 11.3. The van der Waals surface area contributed by atoms with Gasteiger partial charge >= 0.3 is 0 Å². The Morgan fingerprint density at radius 1 is 1.25 bits per heavy atom. The van der Waals surface area contributed by atoms with Gasteiger partial charge in [0.05, 0.1) is 5.69 Å². The Labute approximate surface area is 114 Å². The highest BCUT2D eigenvalue weighted by molar-refractivity contribution is 5.94. The van der Waals surface area contributed by atoms with Crippen LogP contribution in [0.25, 0.3) is 0 Å². The van der Waals surface area contributed by atoms with Crippen molar-refractivity contribution in [1.29, 1.82) is 0 Å². The van der Waals surface area contributed by atoms with Crippen molar-refractivity contribution >= 4 is 11.6 Å². The van der Waals surface area contributed by atoms with E-state index >= 15 is 0 Å². The van der Waals surface area contributed by atoms with Crippen molar-refractivity contribution in [3.8, 4) is 5.75 Å². The maximum absolute atomic E-state index is 12.9. The summed E-state index contributed by atoms with van der Waals surface area (Å²) in [7, 11) is 0. The minimum absolute atomic E-state index is 0.285. The van der Waals surface area contributed by atoms with Gasteiger partial charge in [-0.3, -0.25) is 10.0 Å². The minimum Gasteiger partial charge on any atom is -0.464 e. The third-order valence-corrected chi connectivity index (χ3v) is 3.05. The van der Waals surface area contributed by atoms with Crippen LogP contribution in [0.1, 0.15) is 22.1 Å². The van der Waals surface area contributed by atoms with Crippen LogP contribution in [0.4, 0.5) is 10.1 Å². The van der Waals surface area contributed by atoms with Crippen LogP contribution in [-0.2, 0) is 0 Å². The van der Waals surface area contributed by atoms with Crippen LogP contribution in [0.15, 0.2) is 42.5 Å². The molecule has 20 heavy (non-hydrogen) atoms. The largest absolute Gasteiger partial charge is 0.464 e. The first-order chi connectivity index (χ1) is 9.67. The molecule has 0 bridgehead atoms. The Morgan fingerprint density at radius 2 is 2.00 bits per heavy atom. The SMILES string of the molecule is O=C(NO)c1ccc2c(c1)OC(c1ccc(F)cc1)N2. The molecular weight excluding hydrogens is 263 g/mol. The molecule has 0 aliphatic carbocycles. The summed E-state index contributed by atoms with van der Waals surface area (Å²) >= 11 is 0. The van der Waals surface area contributed by atoms with Gasteiger partial charge in [-0.25, -0.2) is 9.87 Å². The van der Waals surface area contributed by atoms with Gasteiger partial charge in [-0.15, -0.1) is 0 Å². The lowest BCUT2D eigenvalue weighted by atomic mass is 10.2. The Kier molecular flexibility index (Phi) is 3.00. The number of rotatable bonds is 2. The predicted molar refractivity (Wildman–Crippen MR) is 69.1 cm³/mol. The van der Waals surface area contributed by atoms with E-state index < -0.39 is 12.1 Å². The number of amides is 1. The number of ether oxygens (including phenoxy) is 1. The number of carbonyl (C=O) groups is 1. The minimum atomic E-state index is -0.610. The van der Waals surface area contributed by atoms with E-state index in [0.29, 0.717) is 5.75 Å². The quantitative estimate of drug-likeness (QED) is 0.581. The van der Waals surface area contributed by atoms with Gasteiger partial charge in [0.15, 0.2) is 6.23 Å². The number of hydroxylamine groups is 1. The molecular formula is C14H11FN2O3. The number of nitrogens with one attached hydrogen (secondary N) is 2. The summed E-state index contributed by atoms with van der Waals surface area (Å²) in [6.45, 7) is 0. The van der Waals surface area contributed by atoms with Crippen LogP contribution in [0.3, 0.4) is 0 Å². The number of fused-ring (bicyclic) bond motifs is 1. The van der Waals surface area contributed by atoms with E-state index in [0.717, 1.165) is 11.3 Å². The van der Waals surface area contributed by atoms with Crippen molar-refractivity contribution in [1.82, 2.24) is 5.48 Å². The molecule has 1 amide bonds. The number of anilines is 1. The Hall–Kier alpha value is -2.60. The number of hydrogen-bond acceptors (Lipinski definition) is 4. The topological polar surface area (TPSA) is 70.6 Å². The van der Waals surface area contributed by atoms with Crippen molar-refractivity contribution in [2.45, 2.75) is 6.23 Å². The van der Waals surface area contributed by atoms with Gasteiger partial charge < -0.3 is 10.1 Å². The molecule has 1 heterocycles. The van der Waals surface area contributed by atoms with Crippen LogP contribution in [0, 0.1) is 5.82 Å². The lowest BCUT2D eigenvalue weighted by Gasteiger charge is -2.11. The fraction of sp³-hybridized carbons (Fsp3) is 0.0714. The second kappa shape index (κ2) is 4.82. The third kappa shape index (κ3) is 2.17. The van der Waals surface area contributed by atoms with Crippen LogP contribution in [0.2, 0.25) is 0 Å². The van der Waals surface area contributed by atoms with Crippen LogP contribution in [0.5, 0.6) is 5.75 Å². The van der Waals surface area contributed by atoms with E-state index in [1.165, 1.54) is 18.2 Å². The Bertz CT molecular complexity index is 658. The monoisotopic (exact) mass is 274 g/mol. The second-order valence-electron chi connectivity index (χ2n) is 4.35. The summed E-state index contributed by atoms with van der Waals surface area (Å²) in [5.41, 5.74) is 3.35. The van der Waals surface area contributed by atoms with Crippen LogP contribution < -0.4 is 15.5 Å². The molecule has 0 aromatic heterocycles. The van der Waals surface area contributed by atoms with Gasteiger partial charge in [-0.05, 0) is 30.3 Å². The number of halogens is 1. The zero-order valence-corrected chi connectivity index (χ0v) is 10.3. The first-order valence-electron chi connectivity index (χ1n) is 5.94. The molecule has 5 nitrogen and oxygen atoms in total. The Balaban J connectivity index is 1.85. The molecule has 102 valence electrons. The first-order valence-corrected chi connectivity index (χ1v) is 5.94. The molecule has 1 atom stereocenters. The highest BCUT2D eigenvalue weighted by atomic mass is 19.1. The summed E-state index contributed by atoms with van der Waals surface area (Å²) in [6.07, 6.45) is -0.432. The van der Waals surface area contributed by atoms with Gasteiger partial charge in [0.25, 0.3) is 5.91 Å². The molecule has 1 aliphatic rings. The summed E-state index contributed by atoms with van der Waals surface area (Å²) in [6, 6.07) is 10.7. The second-order valence-corrected chi connectivity index (χ2v) is 4.35. The first kappa shape index (κ1) is 12.4. The van der Waals surface area contributed by atoms with Crippen molar-refractivity contribution < 1.29 is 19.1 Å². The third-order valence-electron chi connectivity index (χ3n) is 3.05. The molecule has 0 fully saturated rings. The van der Waals surface area contributed by atoms with E-state index in [2.05, 4.69) is 5.32 Å². The van der Waals surface area contributed by atoms with Crippen molar-refractivity contribution in [3.05, 3.63) is 59.4 Å². The molecule has 0 radical (unpaired) electrons. The number of carbonyl (C=O) groups excluding carboxylic acids is 1. The molecule has 0 saturated heterocycles. The van der Waals surface area contributed by atoms with Crippen molar-refractivity contribution in [2.75, 3.05) is 5.32 Å². The van der Waals surface area contributed by atoms with E-state index in [4.69, 9.17) is 9.94 Å². The molecule has 0 spiro atoms. The lowest BCUT2D eigenvalue weighted by Crippen LogP contribution is -2.18. The number of hydrogen-bond donors (Lipinski definition) is 3. The van der Waals surface area contributed by atoms with Gasteiger partial charge in [0.2, 0.25) is 0 Å². The predicted octanol–water partition coefficient (Wildman–Crippen LogP) is 2.45. The normalized spacial score (nSPS) is 16.0. The standard InChI is InChI=1S/C14H11FN2O3/c15-10-4-1-8(2-5-10)14-16-11-6-3-9(13(18)17-19)7-12(11)20-14/h1-7,14,16,19H,(H,17,18). The summed E-state index contributed by atoms with van der Waals surface area (Å²) < 4.78 is 18.6. The maximum Gasteiger partial charge on any atom is 0.274 e. The molecule has 6 heteroatoms. The average Bonchev–Trinajstić information content (AvgIpc) is 2.90. The molecule has 0 saturated carbocycles. The zero-order chi connectivity index (χ0) is 14.1. The van der Waals surface area contributed by atoms with Crippen molar-refractivity contribution in [2.24, 2.45) is 0 Å². The van der Waals surface area contributed by atoms with E-state index in [1.54, 1.807) is 29.7 Å². The molecule has 3 rings (SSSR count). The average molecular weight is 274 g/mol. The highest BCUT2D eigenvalue weighted by Gasteiger charge is 2.24. The van der Waals surface area contributed by atoms with Gasteiger partial charge in [-0.1, -0.05) is 12.1 Å². The number of benzene rings is 2. The van der Waals surface area contributed by atoms with E-state index in [1.807, 2.05) is 0 Å².